The number of rotatable bonds is 9. The van der Waals surface area contributed by atoms with Crippen molar-refractivity contribution in [3.05, 3.63) is 156 Å². The predicted octanol–water partition coefficient (Wildman–Crippen LogP) is 9.88. The summed E-state index contributed by atoms with van der Waals surface area (Å²) in [5.41, 5.74) is 6.66. The second-order valence-corrected chi connectivity index (χ2v) is 15.0. The van der Waals surface area contributed by atoms with Gasteiger partial charge < -0.3 is 10.1 Å². The van der Waals surface area contributed by atoms with Crippen LogP contribution in [0.1, 0.15) is 69.4 Å². The summed E-state index contributed by atoms with van der Waals surface area (Å²) in [5.74, 6) is 0.594. The van der Waals surface area contributed by atoms with Crippen LogP contribution in [0, 0.1) is 5.41 Å². The van der Waals surface area contributed by atoms with E-state index in [0.29, 0.717) is 18.9 Å². The lowest BCUT2D eigenvalue weighted by Gasteiger charge is -2.35. The average molecular weight is 701 g/mol. The number of amides is 1. The largest absolute Gasteiger partial charge is 0.356 e. The number of hydrogen-bond donors (Lipinski definition) is 1. The molecule has 266 valence electrons. The standard InChI is InChI=1S/C45H44N6O2/c1-44(2,3)30-40(52)47-37-23-15-16-32(28-37)42-38-29-33(25-26-39(38)51(48-42)41-24-13-14-27-53-41)43-46-31-50(49-43)45(34-17-7-4-8-18-34,35-19-9-5-10-20-35)36-21-11-6-12-22-36/h4-12,15-23,25-26,28-29,31,41H,13-14,24,27,30H2,1-3H3,(H,47,52). The third kappa shape index (κ3) is 6.78. The molecule has 1 fully saturated rings. The highest BCUT2D eigenvalue weighted by Crippen LogP contribution is 2.41. The molecular formula is C45H44N6O2. The molecule has 2 aromatic heterocycles. The lowest BCUT2D eigenvalue weighted by Crippen LogP contribution is -2.38. The maximum Gasteiger partial charge on any atom is 0.224 e. The van der Waals surface area contributed by atoms with Gasteiger partial charge in [-0.15, -0.1) is 5.10 Å². The van der Waals surface area contributed by atoms with Gasteiger partial charge in [0.25, 0.3) is 0 Å². The zero-order valence-corrected chi connectivity index (χ0v) is 30.4. The molecule has 1 unspecified atom stereocenters. The summed E-state index contributed by atoms with van der Waals surface area (Å²) in [6, 6.07) is 45.7. The third-order valence-corrected chi connectivity index (χ3v) is 9.91. The van der Waals surface area contributed by atoms with Crippen molar-refractivity contribution in [1.82, 2.24) is 24.5 Å². The number of carbonyl (C=O) groups is 1. The van der Waals surface area contributed by atoms with Crippen LogP contribution in [0.4, 0.5) is 5.69 Å². The van der Waals surface area contributed by atoms with Crippen molar-refractivity contribution in [2.24, 2.45) is 5.41 Å². The molecule has 3 heterocycles. The van der Waals surface area contributed by atoms with Crippen molar-refractivity contribution in [2.75, 3.05) is 11.9 Å². The number of hydrogen-bond acceptors (Lipinski definition) is 5. The van der Waals surface area contributed by atoms with Crippen LogP contribution in [0.2, 0.25) is 0 Å². The molecule has 8 nitrogen and oxygen atoms in total. The van der Waals surface area contributed by atoms with Crippen LogP contribution in [0.25, 0.3) is 33.5 Å². The van der Waals surface area contributed by atoms with E-state index in [1.807, 2.05) is 58.2 Å². The number of nitrogens with zero attached hydrogens (tertiary/aromatic N) is 5. The SMILES string of the molecule is CC(C)(C)CC(=O)Nc1cccc(-c2nn(C3CCCCO3)c3ccc(-c4ncn(C(c5ccccc5)(c5ccccc5)c5ccccc5)n4)cc23)c1. The van der Waals surface area contributed by atoms with Gasteiger partial charge in [-0.2, -0.15) is 5.10 Å². The summed E-state index contributed by atoms with van der Waals surface area (Å²) >= 11 is 0. The van der Waals surface area contributed by atoms with Gasteiger partial charge in [0.1, 0.15) is 17.6 Å². The van der Waals surface area contributed by atoms with Crippen LogP contribution in [-0.4, -0.2) is 37.1 Å². The van der Waals surface area contributed by atoms with Gasteiger partial charge in [0.15, 0.2) is 12.1 Å². The molecule has 0 aliphatic carbocycles. The first-order valence-corrected chi connectivity index (χ1v) is 18.4. The first-order chi connectivity index (χ1) is 25.8. The summed E-state index contributed by atoms with van der Waals surface area (Å²) in [6.07, 6.45) is 5.15. The van der Waals surface area contributed by atoms with Crippen molar-refractivity contribution in [1.29, 1.82) is 0 Å². The second-order valence-electron chi connectivity index (χ2n) is 15.0. The Bertz CT molecular complexity index is 2240. The molecule has 0 radical (unpaired) electrons. The highest BCUT2D eigenvalue weighted by atomic mass is 16.5. The van der Waals surface area contributed by atoms with Crippen molar-refractivity contribution < 1.29 is 9.53 Å². The van der Waals surface area contributed by atoms with Crippen LogP contribution < -0.4 is 5.32 Å². The molecule has 5 aromatic carbocycles. The minimum Gasteiger partial charge on any atom is -0.356 e. The number of nitrogens with one attached hydrogen (secondary N) is 1. The zero-order chi connectivity index (χ0) is 36.4. The molecule has 8 heteroatoms. The molecule has 1 saturated heterocycles. The number of aromatic nitrogens is 5. The fourth-order valence-corrected chi connectivity index (χ4v) is 7.55. The van der Waals surface area contributed by atoms with Crippen molar-refractivity contribution >= 4 is 22.5 Å². The topological polar surface area (TPSA) is 86.9 Å². The number of ether oxygens (including phenoxy) is 1. The van der Waals surface area contributed by atoms with Gasteiger partial charge in [-0.3, -0.25) is 4.79 Å². The number of carbonyl (C=O) groups excluding carboxylic acids is 1. The van der Waals surface area contributed by atoms with E-state index >= 15 is 0 Å². The van der Waals surface area contributed by atoms with E-state index in [0.717, 1.165) is 69.4 Å². The Morgan fingerprint density at radius 1 is 0.755 bits per heavy atom. The molecule has 1 aliphatic heterocycles. The minimum atomic E-state index is -0.772. The van der Waals surface area contributed by atoms with E-state index in [9.17, 15) is 4.79 Å². The predicted molar refractivity (Wildman–Crippen MR) is 210 cm³/mol. The average Bonchev–Trinajstić information content (AvgIpc) is 3.82. The van der Waals surface area contributed by atoms with Crippen LogP contribution in [0.3, 0.4) is 0 Å². The molecular weight excluding hydrogens is 657 g/mol. The van der Waals surface area contributed by atoms with Gasteiger partial charge in [0, 0.05) is 35.2 Å². The van der Waals surface area contributed by atoms with Crippen molar-refractivity contribution in [3.63, 3.8) is 0 Å². The smallest absolute Gasteiger partial charge is 0.224 e. The van der Waals surface area contributed by atoms with E-state index in [1.54, 1.807) is 0 Å². The Balaban J connectivity index is 1.25. The molecule has 0 spiro atoms. The molecule has 0 saturated carbocycles. The van der Waals surface area contributed by atoms with Gasteiger partial charge in [-0.1, -0.05) is 124 Å². The highest BCUT2D eigenvalue weighted by molar-refractivity contribution is 5.97. The zero-order valence-electron chi connectivity index (χ0n) is 30.4. The Labute approximate surface area is 310 Å². The molecule has 1 atom stereocenters. The number of anilines is 1. The van der Waals surface area contributed by atoms with Gasteiger partial charge in [-0.25, -0.2) is 14.3 Å². The van der Waals surface area contributed by atoms with E-state index in [-0.39, 0.29) is 17.6 Å². The fourth-order valence-electron chi connectivity index (χ4n) is 7.55. The van der Waals surface area contributed by atoms with Crippen LogP contribution in [0.5, 0.6) is 0 Å². The Hall–Kier alpha value is -5.86. The number of benzene rings is 5. The normalized spacial score (nSPS) is 15.0. The van der Waals surface area contributed by atoms with E-state index < -0.39 is 5.54 Å². The summed E-state index contributed by atoms with van der Waals surface area (Å²) in [5, 5.41) is 14.5. The Morgan fingerprint density at radius 3 is 2.02 bits per heavy atom. The molecule has 1 aliphatic rings. The van der Waals surface area contributed by atoms with E-state index in [2.05, 4.69) is 117 Å². The van der Waals surface area contributed by atoms with E-state index in [1.165, 1.54) is 0 Å². The van der Waals surface area contributed by atoms with Crippen LogP contribution in [0.15, 0.2) is 140 Å². The minimum absolute atomic E-state index is 0.0119. The van der Waals surface area contributed by atoms with Crippen LogP contribution in [-0.2, 0) is 15.1 Å². The quantitative estimate of drug-likeness (QED) is 0.152. The lowest BCUT2D eigenvalue weighted by atomic mass is 9.77. The Morgan fingerprint density at radius 2 is 1.42 bits per heavy atom. The first kappa shape index (κ1) is 34.2. The maximum absolute atomic E-state index is 12.9. The third-order valence-electron chi connectivity index (χ3n) is 9.91. The van der Waals surface area contributed by atoms with Crippen molar-refractivity contribution in [3.8, 4) is 22.6 Å². The second kappa shape index (κ2) is 14.3. The lowest BCUT2D eigenvalue weighted by molar-refractivity contribution is -0.117. The van der Waals surface area contributed by atoms with Gasteiger partial charge >= 0.3 is 0 Å². The molecule has 0 bridgehead atoms. The molecule has 7 aromatic rings. The van der Waals surface area contributed by atoms with E-state index in [4.69, 9.17) is 19.9 Å². The van der Waals surface area contributed by atoms with Gasteiger partial charge in [-0.05, 0) is 71.7 Å². The highest BCUT2D eigenvalue weighted by Gasteiger charge is 2.39. The van der Waals surface area contributed by atoms with Gasteiger partial charge in [0.05, 0.1) is 5.52 Å². The molecule has 53 heavy (non-hydrogen) atoms. The van der Waals surface area contributed by atoms with Crippen LogP contribution >= 0.6 is 0 Å². The van der Waals surface area contributed by atoms with Crippen molar-refractivity contribution in [2.45, 2.75) is 58.2 Å². The molecule has 8 rings (SSSR count). The Kier molecular flexibility index (Phi) is 9.22. The summed E-state index contributed by atoms with van der Waals surface area (Å²) in [6.45, 7) is 6.91. The monoisotopic (exact) mass is 700 g/mol. The maximum atomic E-state index is 12.9. The summed E-state index contributed by atoms with van der Waals surface area (Å²) in [7, 11) is 0. The fraction of sp³-hybridized carbons (Fsp3) is 0.244. The number of fused-ring (bicyclic) bond motifs is 1. The molecule has 1 amide bonds. The molecule has 1 N–H and O–H groups in total. The van der Waals surface area contributed by atoms with Gasteiger partial charge in [0.2, 0.25) is 5.91 Å². The summed E-state index contributed by atoms with van der Waals surface area (Å²) < 4.78 is 10.3. The summed E-state index contributed by atoms with van der Waals surface area (Å²) in [4.78, 5) is 17.8. The first-order valence-electron chi connectivity index (χ1n) is 18.4.